The second kappa shape index (κ2) is 7.50. The number of benzene rings is 1. The number of rotatable bonds is 6. The summed E-state index contributed by atoms with van der Waals surface area (Å²) in [5, 5.41) is 8.84. The molecule has 0 bridgehead atoms. The van der Waals surface area contributed by atoms with Gasteiger partial charge in [-0.15, -0.1) is 0 Å². The van der Waals surface area contributed by atoms with E-state index >= 15 is 0 Å². The average Bonchev–Trinajstić information content (AvgIpc) is 3.19. The van der Waals surface area contributed by atoms with E-state index in [1.165, 1.54) is 12.1 Å². The Morgan fingerprint density at radius 3 is 2.92 bits per heavy atom. The van der Waals surface area contributed by atoms with Gasteiger partial charge in [-0.05, 0) is 25.0 Å². The van der Waals surface area contributed by atoms with Crippen LogP contribution in [0.15, 0.2) is 24.3 Å². The first-order valence-corrected chi connectivity index (χ1v) is 7.62. The van der Waals surface area contributed by atoms with Crippen molar-refractivity contribution < 1.29 is 23.0 Å². The number of carbonyl (C=O) groups is 1. The highest BCUT2D eigenvalue weighted by atomic mass is 19.1. The molecule has 1 unspecified atom stereocenters. The number of hydrogen-bond acceptors (Lipinski definition) is 4. The number of carbonyl (C=O) groups excluding carboxylic acids is 1. The van der Waals surface area contributed by atoms with E-state index < -0.39 is 17.5 Å². The molecule has 1 aliphatic heterocycles. The molecule has 1 aromatic heterocycles. The van der Waals surface area contributed by atoms with E-state index in [0.717, 1.165) is 31.6 Å². The molecular weight excluding hydrogens is 320 g/mol. The zero-order valence-electron chi connectivity index (χ0n) is 12.9. The van der Waals surface area contributed by atoms with Crippen molar-refractivity contribution in [2.24, 2.45) is 0 Å². The number of amides is 1. The molecule has 1 fully saturated rings. The maximum Gasteiger partial charge on any atom is 0.251 e. The lowest BCUT2D eigenvalue weighted by Gasteiger charge is -2.09. The van der Waals surface area contributed by atoms with Gasteiger partial charge in [-0.25, -0.2) is 8.78 Å². The largest absolute Gasteiger partial charge is 0.376 e. The van der Waals surface area contributed by atoms with Gasteiger partial charge in [0.05, 0.1) is 24.0 Å². The molecule has 8 heteroatoms. The van der Waals surface area contributed by atoms with E-state index in [1.807, 2.05) is 0 Å². The normalized spacial score (nSPS) is 17.2. The molecule has 1 amide bonds. The molecule has 6 nitrogen and oxygen atoms in total. The Kier molecular flexibility index (Phi) is 5.17. The molecule has 0 saturated carbocycles. The SMILES string of the molecule is O=C(COCC1CCCO1)Nc1cc(-c2c(F)cccc2F)[nH]n1. The van der Waals surface area contributed by atoms with Gasteiger partial charge in [0, 0.05) is 12.7 Å². The van der Waals surface area contributed by atoms with Crippen LogP contribution < -0.4 is 5.32 Å². The van der Waals surface area contributed by atoms with Crippen molar-refractivity contribution in [3.05, 3.63) is 35.9 Å². The number of ether oxygens (including phenoxy) is 2. The monoisotopic (exact) mass is 337 g/mol. The Bertz CT molecular complexity index is 694. The second-order valence-electron chi connectivity index (χ2n) is 5.46. The lowest BCUT2D eigenvalue weighted by Crippen LogP contribution is -2.22. The van der Waals surface area contributed by atoms with E-state index in [0.29, 0.717) is 6.61 Å². The van der Waals surface area contributed by atoms with Crippen molar-refractivity contribution in [2.45, 2.75) is 18.9 Å². The highest BCUT2D eigenvalue weighted by Gasteiger charge is 2.17. The Balaban J connectivity index is 1.54. The van der Waals surface area contributed by atoms with Crippen molar-refractivity contribution in [1.29, 1.82) is 0 Å². The van der Waals surface area contributed by atoms with Crippen molar-refractivity contribution in [2.75, 3.05) is 25.1 Å². The van der Waals surface area contributed by atoms with E-state index in [1.54, 1.807) is 0 Å². The summed E-state index contributed by atoms with van der Waals surface area (Å²) in [4.78, 5) is 11.8. The summed E-state index contributed by atoms with van der Waals surface area (Å²) in [6, 6.07) is 4.94. The smallest absolute Gasteiger partial charge is 0.251 e. The van der Waals surface area contributed by atoms with Gasteiger partial charge in [0.1, 0.15) is 18.2 Å². The van der Waals surface area contributed by atoms with Crippen LogP contribution in [0.5, 0.6) is 0 Å². The zero-order chi connectivity index (χ0) is 16.9. The molecule has 2 N–H and O–H groups in total. The van der Waals surface area contributed by atoms with Crippen molar-refractivity contribution >= 4 is 11.7 Å². The molecule has 1 atom stereocenters. The topological polar surface area (TPSA) is 76.2 Å². The predicted molar refractivity (Wildman–Crippen MR) is 82.4 cm³/mol. The van der Waals surface area contributed by atoms with E-state index in [4.69, 9.17) is 9.47 Å². The third-order valence-corrected chi connectivity index (χ3v) is 3.64. The van der Waals surface area contributed by atoms with Crippen LogP contribution in [0, 0.1) is 11.6 Å². The second-order valence-corrected chi connectivity index (χ2v) is 5.46. The van der Waals surface area contributed by atoms with Crippen LogP contribution in [0.1, 0.15) is 12.8 Å². The minimum absolute atomic E-state index is 0.0406. The number of nitrogens with zero attached hydrogens (tertiary/aromatic N) is 1. The van der Waals surface area contributed by atoms with Crippen LogP contribution >= 0.6 is 0 Å². The van der Waals surface area contributed by atoms with Gasteiger partial charge in [0.25, 0.3) is 5.91 Å². The maximum atomic E-state index is 13.7. The maximum absolute atomic E-state index is 13.7. The molecular formula is C16H17F2N3O3. The lowest BCUT2D eigenvalue weighted by atomic mass is 10.1. The fourth-order valence-electron chi connectivity index (χ4n) is 2.51. The number of hydrogen-bond donors (Lipinski definition) is 2. The van der Waals surface area contributed by atoms with Crippen LogP contribution in [0.4, 0.5) is 14.6 Å². The molecule has 128 valence electrons. The Hall–Kier alpha value is -2.32. The number of nitrogens with one attached hydrogen (secondary N) is 2. The molecule has 3 rings (SSSR count). The Morgan fingerprint density at radius 2 is 2.21 bits per heavy atom. The van der Waals surface area contributed by atoms with Gasteiger partial charge >= 0.3 is 0 Å². The van der Waals surface area contributed by atoms with E-state index in [9.17, 15) is 13.6 Å². The number of H-pyrrole nitrogens is 1. The van der Waals surface area contributed by atoms with Gasteiger partial charge in [0.15, 0.2) is 5.82 Å². The first-order valence-electron chi connectivity index (χ1n) is 7.62. The Morgan fingerprint density at radius 1 is 1.42 bits per heavy atom. The molecule has 1 aromatic carbocycles. The first-order chi connectivity index (χ1) is 11.6. The van der Waals surface area contributed by atoms with Gasteiger partial charge in [-0.1, -0.05) is 6.07 Å². The molecule has 1 aliphatic rings. The predicted octanol–water partition coefficient (Wildman–Crippen LogP) is 2.49. The van der Waals surface area contributed by atoms with Crippen LogP contribution in [-0.2, 0) is 14.3 Å². The van der Waals surface area contributed by atoms with Gasteiger partial charge in [0.2, 0.25) is 0 Å². The van der Waals surface area contributed by atoms with Gasteiger partial charge in [-0.2, -0.15) is 5.10 Å². The Labute approximate surface area is 137 Å². The zero-order valence-corrected chi connectivity index (χ0v) is 12.9. The van der Waals surface area contributed by atoms with E-state index in [2.05, 4.69) is 15.5 Å². The van der Waals surface area contributed by atoms with E-state index in [-0.39, 0.29) is 29.8 Å². The number of aromatic amines is 1. The molecule has 24 heavy (non-hydrogen) atoms. The fraction of sp³-hybridized carbons (Fsp3) is 0.375. The van der Waals surface area contributed by atoms with Crippen LogP contribution in [0.3, 0.4) is 0 Å². The molecule has 2 heterocycles. The summed E-state index contributed by atoms with van der Waals surface area (Å²) in [5.41, 5.74) is -0.0821. The van der Waals surface area contributed by atoms with Crippen LogP contribution in [0.2, 0.25) is 0 Å². The van der Waals surface area contributed by atoms with Gasteiger partial charge in [-0.3, -0.25) is 9.89 Å². The summed E-state index contributed by atoms with van der Waals surface area (Å²) < 4.78 is 38.1. The van der Waals surface area contributed by atoms with Gasteiger partial charge < -0.3 is 14.8 Å². The van der Waals surface area contributed by atoms with Crippen molar-refractivity contribution in [3.8, 4) is 11.3 Å². The third-order valence-electron chi connectivity index (χ3n) is 3.64. The third kappa shape index (κ3) is 3.95. The fourth-order valence-corrected chi connectivity index (χ4v) is 2.51. The summed E-state index contributed by atoms with van der Waals surface area (Å²) in [6.07, 6.45) is 1.97. The van der Waals surface area contributed by atoms with Crippen molar-refractivity contribution in [1.82, 2.24) is 10.2 Å². The number of anilines is 1. The number of aromatic nitrogens is 2. The lowest BCUT2D eigenvalue weighted by molar-refractivity contribution is -0.121. The highest BCUT2D eigenvalue weighted by molar-refractivity contribution is 5.91. The van der Waals surface area contributed by atoms with Crippen LogP contribution in [0.25, 0.3) is 11.3 Å². The summed E-state index contributed by atoms with van der Waals surface area (Å²) >= 11 is 0. The average molecular weight is 337 g/mol. The molecule has 0 spiro atoms. The van der Waals surface area contributed by atoms with Crippen molar-refractivity contribution in [3.63, 3.8) is 0 Å². The summed E-state index contributed by atoms with van der Waals surface area (Å²) in [7, 11) is 0. The van der Waals surface area contributed by atoms with Crippen LogP contribution in [-0.4, -0.2) is 42.0 Å². The highest BCUT2D eigenvalue weighted by Crippen LogP contribution is 2.25. The summed E-state index contributed by atoms with van der Waals surface area (Å²) in [6.45, 7) is 0.943. The molecule has 0 radical (unpaired) electrons. The standard InChI is InChI=1S/C16H17F2N3O3/c17-11-4-1-5-12(18)16(11)13-7-14(21-20-13)19-15(22)9-23-8-10-3-2-6-24-10/h1,4-5,7,10H,2-3,6,8-9H2,(H2,19,20,21,22). The summed E-state index contributed by atoms with van der Waals surface area (Å²) in [5.74, 6) is -1.66. The molecule has 2 aromatic rings. The minimum atomic E-state index is -0.712. The minimum Gasteiger partial charge on any atom is -0.376 e. The molecule has 1 saturated heterocycles. The molecule has 0 aliphatic carbocycles. The number of halogens is 2. The first kappa shape index (κ1) is 16.5. The quantitative estimate of drug-likeness (QED) is 0.849.